The first-order chi connectivity index (χ1) is 14.3. The number of aromatic nitrogens is 4. The number of nitrogens with one attached hydrogen (secondary N) is 1. The van der Waals surface area contributed by atoms with Gasteiger partial charge >= 0.3 is 6.18 Å². The van der Waals surface area contributed by atoms with Crippen LogP contribution in [0.4, 0.5) is 13.2 Å². The molecule has 1 aromatic carbocycles. The number of alkyl halides is 3. The summed E-state index contributed by atoms with van der Waals surface area (Å²) >= 11 is 0. The van der Waals surface area contributed by atoms with Gasteiger partial charge in [0.25, 0.3) is 11.7 Å². The van der Waals surface area contributed by atoms with Gasteiger partial charge in [-0.15, -0.1) is 5.10 Å². The molecular formula is C20H21F3N6O. The first-order valence-corrected chi connectivity index (χ1v) is 9.79. The summed E-state index contributed by atoms with van der Waals surface area (Å²) in [5.74, 6) is -1.20. The molecule has 3 heterocycles. The Morgan fingerprint density at radius 3 is 2.70 bits per heavy atom. The Bertz CT molecular complexity index is 1050. The molecule has 1 unspecified atom stereocenters. The fourth-order valence-electron chi connectivity index (χ4n) is 3.63. The maximum Gasteiger partial charge on any atom is 0.433 e. The maximum atomic E-state index is 13.7. The van der Waals surface area contributed by atoms with Crippen LogP contribution in [-0.2, 0) is 6.18 Å². The summed E-state index contributed by atoms with van der Waals surface area (Å²) in [6.07, 6.45) is -2.94. The number of piperidine rings is 1. The normalized spacial score (nSPS) is 17.9. The lowest BCUT2D eigenvalue weighted by Crippen LogP contribution is -2.47. The molecule has 30 heavy (non-hydrogen) atoms. The Kier molecular flexibility index (Phi) is 5.42. The van der Waals surface area contributed by atoms with Crippen LogP contribution in [0.25, 0.3) is 17.0 Å². The summed E-state index contributed by atoms with van der Waals surface area (Å²) in [5, 5.41) is 6.65. The molecule has 10 heteroatoms. The van der Waals surface area contributed by atoms with Crippen molar-refractivity contribution in [2.75, 3.05) is 19.6 Å². The Morgan fingerprint density at radius 2 is 2.00 bits per heavy atom. The second kappa shape index (κ2) is 8.02. The number of benzene rings is 1. The molecular weight excluding hydrogens is 397 g/mol. The molecule has 1 aliphatic heterocycles. The number of amides is 1. The Balaban J connectivity index is 1.68. The number of carbonyl (C=O) groups is 1. The van der Waals surface area contributed by atoms with Gasteiger partial charge in [-0.1, -0.05) is 37.3 Å². The number of carbonyl (C=O) groups excluding carboxylic acids is 1. The van der Waals surface area contributed by atoms with Crippen LogP contribution in [0.1, 0.15) is 36.1 Å². The van der Waals surface area contributed by atoms with Gasteiger partial charge in [0.1, 0.15) is 0 Å². The third-order valence-corrected chi connectivity index (χ3v) is 5.16. The first-order valence-electron chi connectivity index (χ1n) is 9.79. The summed E-state index contributed by atoms with van der Waals surface area (Å²) in [5.41, 5.74) is -0.408. The summed E-state index contributed by atoms with van der Waals surface area (Å²) < 4.78 is 41.6. The van der Waals surface area contributed by atoms with Crippen molar-refractivity contribution in [3.8, 4) is 11.3 Å². The quantitative estimate of drug-likeness (QED) is 0.705. The highest BCUT2D eigenvalue weighted by Gasteiger charge is 2.36. The van der Waals surface area contributed by atoms with Crippen molar-refractivity contribution < 1.29 is 18.0 Å². The molecule has 3 aromatic rings. The fourth-order valence-corrected chi connectivity index (χ4v) is 3.63. The van der Waals surface area contributed by atoms with Crippen LogP contribution < -0.4 is 5.32 Å². The molecule has 1 fully saturated rings. The minimum Gasteiger partial charge on any atom is -0.345 e. The zero-order valence-corrected chi connectivity index (χ0v) is 16.4. The molecule has 1 saturated heterocycles. The number of halogens is 3. The molecule has 0 saturated carbocycles. The molecule has 4 rings (SSSR count). The van der Waals surface area contributed by atoms with Crippen LogP contribution in [0.3, 0.4) is 0 Å². The number of likely N-dealkylation sites (N-methyl/N-ethyl adjacent to an activating group) is 1. The largest absolute Gasteiger partial charge is 0.433 e. The van der Waals surface area contributed by atoms with Crippen molar-refractivity contribution in [1.82, 2.24) is 29.8 Å². The second-order valence-corrected chi connectivity index (χ2v) is 7.24. The molecule has 0 aliphatic carbocycles. The van der Waals surface area contributed by atoms with Crippen molar-refractivity contribution in [3.05, 3.63) is 47.9 Å². The van der Waals surface area contributed by atoms with Crippen molar-refractivity contribution in [1.29, 1.82) is 0 Å². The SMILES string of the molecule is CCN1CCCC(NC(=O)c2nc3nc(-c4ccccc4)cc(C(F)(F)F)n3n2)C1. The van der Waals surface area contributed by atoms with Gasteiger partial charge in [0, 0.05) is 18.2 Å². The highest BCUT2D eigenvalue weighted by molar-refractivity contribution is 5.91. The molecule has 158 valence electrons. The van der Waals surface area contributed by atoms with E-state index in [0.717, 1.165) is 32.0 Å². The summed E-state index contributed by atoms with van der Waals surface area (Å²) in [7, 11) is 0. The average molecular weight is 418 g/mol. The lowest BCUT2D eigenvalue weighted by Gasteiger charge is -2.31. The van der Waals surface area contributed by atoms with Crippen molar-refractivity contribution in [2.45, 2.75) is 32.0 Å². The molecule has 1 N–H and O–H groups in total. The van der Waals surface area contributed by atoms with E-state index < -0.39 is 17.8 Å². The monoisotopic (exact) mass is 418 g/mol. The van der Waals surface area contributed by atoms with E-state index >= 15 is 0 Å². The number of fused-ring (bicyclic) bond motifs is 1. The molecule has 2 aromatic heterocycles. The van der Waals surface area contributed by atoms with E-state index in [4.69, 9.17) is 0 Å². The molecule has 0 spiro atoms. The minimum absolute atomic E-state index is 0.0901. The van der Waals surface area contributed by atoms with Crippen LogP contribution in [0.15, 0.2) is 36.4 Å². The Morgan fingerprint density at radius 1 is 1.23 bits per heavy atom. The lowest BCUT2D eigenvalue weighted by molar-refractivity contribution is -0.142. The second-order valence-electron chi connectivity index (χ2n) is 7.24. The van der Waals surface area contributed by atoms with Gasteiger partial charge in [-0.25, -0.2) is 4.98 Å². The van der Waals surface area contributed by atoms with E-state index in [2.05, 4.69) is 25.3 Å². The van der Waals surface area contributed by atoms with E-state index in [1.54, 1.807) is 30.3 Å². The third-order valence-electron chi connectivity index (χ3n) is 5.16. The maximum absolute atomic E-state index is 13.7. The Hall–Kier alpha value is -3.01. The summed E-state index contributed by atoms with van der Waals surface area (Å²) in [6.45, 7) is 4.58. The van der Waals surface area contributed by atoms with Crippen molar-refractivity contribution in [3.63, 3.8) is 0 Å². The van der Waals surface area contributed by atoms with Gasteiger partial charge in [0.15, 0.2) is 5.69 Å². The van der Waals surface area contributed by atoms with E-state index in [0.29, 0.717) is 16.6 Å². The number of nitrogens with zero attached hydrogens (tertiary/aromatic N) is 5. The van der Waals surface area contributed by atoms with Crippen LogP contribution >= 0.6 is 0 Å². The predicted octanol–water partition coefficient (Wildman–Crippen LogP) is 3.02. The van der Waals surface area contributed by atoms with Crippen molar-refractivity contribution in [2.24, 2.45) is 0 Å². The zero-order chi connectivity index (χ0) is 21.3. The minimum atomic E-state index is -4.68. The molecule has 1 atom stereocenters. The third kappa shape index (κ3) is 4.13. The number of hydrogen-bond donors (Lipinski definition) is 1. The van der Waals surface area contributed by atoms with E-state index in [9.17, 15) is 18.0 Å². The van der Waals surface area contributed by atoms with Gasteiger partial charge in [-0.3, -0.25) is 4.79 Å². The van der Waals surface area contributed by atoms with Crippen LogP contribution in [0.2, 0.25) is 0 Å². The highest BCUT2D eigenvalue weighted by Crippen LogP contribution is 2.31. The standard InChI is InChI=1S/C20H21F3N6O/c1-2-28-10-6-9-14(12-28)24-18(30)17-26-19-25-15(13-7-4-3-5-8-13)11-16(20(21,22)23)29(19)27-17/h3-5,7-8,11,14H,2,6,9-10,12H2,1H3,(H,24,30). The van der Waals surface area contributed by atoms with Gasteiger partial charge in [0.05, 0.1) is 5.69 Å². The number of rotatable bonds is 4. The van der Waals surface area contributed by atoms with Gasteiger partial charge in [0.2, 0.25) is 5.82 Å². The van der Waals surface area contributed by atoms with Crippen LogP contribution in [0.5, 0.6) is 0 Å². The fraction of sp³-hybridized carbons (Fsp3) is 0.400. The number of hydrogen-bond acceptors (Lipinski definition) is 5. The number of likely N-dealkylation sites (tertiary alicyclic amines) is 1. The van der Waals surface area contributed by atoms with E-state index in [1.807, 2.05) is 6.92 Å². The molecule has 0 radical (unpaired) electrons. The van der Waals surface area contributed by atoms with E-state index in [-0.39, 0.29) is 23.3 Å². The highest BCUT2D eigenvalue weighted by atomic mass is 19.4. The predicted molar refractivity (Wildman–Crippen MR) is 104 cm³/mol. The van der Waals surface area contributed by atoms with Crippen molar-refractivity contribution >= 4 is 11.7 Å². The molecule has 1 amide bonds. The molecule has 1 aliphatic rings. The summed E-state index contributed by atoms with van der Waals surface area (Å²) in [6, 6.07) is 9.32. The Labute approximate surface area is 170 Å². The van der Waals surface area contributed by atoms with Gasteiger partial charge in [-0.2, -0.15) is 22.7 Å². The molecule has 7 nitrogen and oxygen atoms in total. The topological polar surface area (TPSA) is 75.4 Å². The van der Waals surface area contributed by atoms with Crippen LogP contribution in [0, 0.1) is 0 Å². The average Bonchev–Trinajstić information content (AvgIpc) is 3.17. The van der Waals surface area contributed by atoms with Gasteiger partial charge in [-0.05, 0) is 32.0 Å². The lowest BCUT2D eigenvalue weighted by atomic mass is 10.1. The van der Waals surface area contributed by atoms with E-state index in [1.165, 1.54) is 0 Å². The van der Waals surface area contributed by atoms with Gasteiger partial charge < -0.3 is 10.2 Å². The first kappa shape index (κ1) is 20.3. The smallest absolute Gasteiger partial charge is 0.345 e. The van der Waals surface area contributed by atoms with Crippen LogP contribution in [-0.4, -0.2) is 56.1 Å². The summed E-state index contributed by atoms with van der Waals surface area (Å²) in [4.78, 5) is 23.0. The zero-order valence-electron chi connectivity index (χ0n) is 16.4. The molecule has 0 bridgehead atoms.